The van der Waals surface area contributed by atoms with E-state index in [9.17, 15) is 4.79 Å². The van der Waals surface area contributed by atoms with E-state index in [1.54, 1.807) is 12.1 Å². The third-order valence-corrected chi connectivity index (χ3v) is 2.24. The lowest BCUT2D eigenvalue weighted by atomic mass is 9.87. The highest BCUT2D eigenvalue weighted by Crippen LogP contribution is 2.24. The fraction of sp³-hybridized carbons (Fsp3) is 0.357. The van der Waals surface area contributed by atoms with Crippen LogP contribution in [0.2, 0.25) is 0 Å². The Morgan fingerprint density at radius 2 is 1.88 bits per heavy atom. The Morgan fingerprint density at radius 3 is 2.35 bits per heavy atom. The predicted molar refractivity (Wildman–Crippen MR) is 67.3 cm³/mol. The van der Waals surface area contributed by atoms with E-state index in [1.807, 2.05) is 12.1 Å². The van der Waals surface area contributed by atoms with Gasteiger partial charge in [0.05, 0.1) is 0 Å². The normalized spacial score (nSPS) is 10.8. The highest BCUT2D eigenvalue weighted by Gasteiger charge is 2.13. The van der Waals surface area contributed by atoms with Gasteiger partial charge in [-0.15, -0.1) is 0 Å². The maximum atomic E-state index is 11.2. The van der Waals surface area contributed by atoms with Gasteiger partial charge in [-0.05, 0) is 23.1 Å². The highest BCUT2D eigenvalue weighted by molar-refractivity contribution is 5.63. The molecular weight excluding hydrogens is 216 g/mol. The third-order valence-electron chi connectivity index (χ3n) is 2.24. The lowest BCUT2D eigenvalue weighted by molar-refractivity contribution is 0.109. The van der Waals surface area contributed by atoms with Gasteiger partial charge in [0.2, 0.25) is 0 Å². The summed E-state index contributed by atoms with van der Waals surface area (Å²) in [5.74, 6) is 0.479. The average Bonchev–Trinajstić information content (AvgIpc) is 2.26. The number of carbonyl (C=O) groups excluding carboxylic acids is 1. The monoisotopic (exact) mass is 234 g/mol. The zero-order valence-electron chi connectivity index (χ0n) is 10.5. The molecule has 0 aliphatic heterocycles. The number of hydrogen-bond acceptors (Lipinski definition) is 3. The van der Waals surface area contributed by atoms with Crippen LogP contribution in [0.15, 0.2) is 36.9 Å². The van der Waals surface area contributed by atoms with Crippen molar-refractivity contribution < 1.29 is 14.3 Å². The van der Waals surface area contributed by atoms with Crippen LogP contribution in [-0.4, -0.2) is 12.8 Å². The fourth-order valence-corrected chi connectivity index (χ4v) is 1.28. The van der Waals surface area contributed by atoms with Crippen molar-refractivity contribution >= 4 is 6.16 Å². The number of ether oxygens (including phenoxy) is 2. The Bertz CT molecular complexity index is 385. The summed E-state index contributed by atoms with van der Waals surface area (Å²) in [4.78, 5) is 11.2. The fourth-order valence-electron chi connectivity index (χ4n) is 1.28. The summed E-state index contributed by atoms with van der Waals surface area (Å²) < 4.78 is 9.69. The summed E-state index contributed by atoms with van der Waals surface area (Å²) >= 11 is 0. The van der Waals surface area contributed by atoms with Crippen LogP contribution in [0, 0.1) is 0 Å². The zero-order valence-corrected chi connectivity index (χ0v) is 10.5. The van der Waals surface area contributed by atoms with Crippen LogP contribution in [0.25, 0.3) is 0 Å². The predicted octanol–water partition coefficient (Wildman–Crippen LogP) is 3.69. The van der Waals surface area contributed by atoms with Crippen LogP contribution in [0.3, 0.4) is 0 Å². The summed E-state index contributed by atoms with van der Waals surface area (Å²) in [5.41, 5.74) is 1.27. The van der Waals surface area contributed by atoms with Crippen molar-refractivity contribution in [2.24, 2.45) is 0 Å². The van der Waals surface area contributed by atoms with E-state index in [0.717, 1.165) is 0 Å². The summed E-state index contributed by atoms with van der Waals surface area (Å²) in [5, 5.41) is 0. The van der Waals surface area contributed by atoms with E-state index in [4.69, 9.17) is 9.47 Å². The largest absolute Gasteiger partial charge is 0.514 e. The molecule has 1 rings (SSSR count). The van der Waals surface area contributed by atoms with Gasteiger partial charge in [0.15, 0.2) is 0 Å². The van der Waals surface area contributed by atoms with Crippen LogP contribution >= 0.6 is 0 Å². The highest BCUT2D eigenvalue weighted by atomic mass is 16.7. The molecule has 0 aromatic heterocycles. The number of rotatable bonds is 3. The van der Waals surface area contributed by atoms with Crippen LogP contribution in [-0.2, 0) is 10.2 Å². The smallest absolute Gasteiger partial charge is 0.430 e. The molecule has 0 radical (unpaired) electrons. The van der Waals surface area contributed by atoms with E-state index in [2.05, 4.69) is 27.4 Å². The van der Waals surface area contributed by atoms with Crippen LogP contribution in [0.5, 0.6) is 5.75 Å². The van der Waals surface area contributed by atoms with Gasteiger partial charge < -0.3 is 9.47 Å². The molecule has 1 aromatic carbocycles. The molecule has 0 saturated carbocycles. The third kappa shape index (κ3) is 4.31. The van der Waals surface area contributed by atoms with Gasteiger partial charge >= 0.3 is 6.16 Å². The molecule has 1 aromatic rings. The molecule has 0 spiro atoms. The first-order chi connectivity index (χ1) is 7.93. The summed E-state index contributed by atoms with van der Waals surface area (Å²) in [6, 6.07) is 7.40. The van der Waals surface area contributed by atoms with E-state index in [-0.39, 0.29) is 12.0 Å². The first-order valence-electron chi connectivity index (χ1n) is 5.49. The van der Waals surface area contributed by atoms with Gasteiger partial charge in [-0.1, -0.05) is 45.6 Å². The summed E-state index contributed by atoms with van der Waals surface area (Å²) in [6.45, 7) is 9.98. The van der Waals surface area contributed by atoms with Gasteiger partial charge in [0.1, 0.15) is 12.4 Å². The standard InChI is InChI=1S/C14H18O3/c1-5-10-16-13(15)17-12-8-6-11(7-9-12)14(2,3)4/h5-9H,1,10H2,2-4H3. The van der Waals surface area contributed by atoms with Gasteiger partial charge in [-0.25, -0.2) is 4.79 Å². The minimum atomic E-state index is -0.714. The second-order valence-electron chi connectivity index (χ2n) is 4.73. The van der Waals surface area contributed by atoms with E-state index >= 15 is 0 Å². The molecule has 0 fully saturated rings. The topological polar surface area (TPSA) is 35.5 Å². The lowest BCUT2D eigenvalue weighted by Crippen LogP contribution is -2.12. The van der Waals surface area contributed by atoms with Gasteiger partial charge in [-0.2, -0.15) is 0 Å². The molecule has 92 valence electrons. The maximum Gasteiger partial charge on any atom is 0.514 e. The Hall–Kier alpha value is -1.77. The Labute approximate surface area is 102 Å². The van der Waals surface area contributed by atoms with Crippen molar-refractivity contribution in [3.63, 3.8) is 0 Å². The van der Waals surface area contributed by atoms with Crippen molar-refractivity contribution in [3.8, 4) is 5.75 Å². The molecular formula is C14H18O3. The average molecular weight is 234 g/mol. The summed E-state index contributed by atoms with van der Waals surface area (Å²) in [7, 11) is 0. The molecule has 0 bridgehead atoms. The lowest BCUT2D eigenvalue weighted by Gasteiger charge is -2.18. The van der Waals surface area contributed by atoms with Gasteiger partial charge in [0, 0.05) is 0 Å². The van der Waals surface area contributed by atoms with Crippen LogP contribution in [0.4, 0.5) is 4.79 Å². The Balaban J connectivity index is 2.62. The minimum absolute atomic E-state index is 0.0852. The molecule has 0 atom stereocenters. The van der Waals surface area contributed by atoms with E-state index in [0.29, 0.717) is 5.75 Å². The number of benzene rings is 1. The van der Waals surface area contributed by atoms with Gasteiger partial charge in [0.25, 0.3) is 0 Å². The van der Waals surface area contributed by atoms with Gasteiger partial charge in [-0.3, -0.25) is 0 Å². The second-order valence-corrected chi connectivity index (χ2v) is 4.73. The number of hydrogen-bond donors (Lipinski definition) is 0. The van der Waals surface area contributed by atoms with Crippen molar-refractivity contribution in [3.05, 3.63) is 42.5 Å². The molecule has 0 unspecified atom stereocenters. The molecule has 0 heterocycles. The Morgan fingerprint density at radius 1 is 1.29 bits per heavy atom. The molecule has 0 saturated heterocycles. The minimum Gasteiger partial charge on any atom is -0.430 e. The molecule has 0 aliphatic carbocycles. The SMILES string of the molecule is C=CCOC(=O)Oc1ccc(C(C)(C)C)cc1. The second kappa shape index (κ2) is 5.53. The van der Waals surface area contributed by atoms with E-state index < -0.39 is 6.16 Å². The van der Waals surface area contributed by atoms with Crippen molar-refractivity contribution in [1.82, 2.24) is 0 Å². The van der Waals surface area contributed by atoms with Crippen molar-refractivity contribution in [2.75, 3.05) is 6.61 Å². The van der Waals surface area contributed by atoms with Crippen molar-refractivity contribution in [2.45, 2.75) is 26.2 Å². The molecule has 17 heavy (non-hydrogen) atoms. The zero-order chi connectivity index (χ0) is 12.9. The number of carbonyl (C=O) groups is 1. The quantitative estimate of drug-likeness (QED) is 0.454. The molecule has 3 heteroatoms. The molecule has 3 nitrogen and oxygen atoms in total. The first-order valence-corrected chi connectivity index (χ1v) is 5.49. The first kappa shape index (κ1) is 13.3. The maximum absolute atomic E-state index is 11.2. The Kier molecular flexibility index (Phi) is 4.32. The summed E-state index contributed by atoms with van der Waals surface area (Å²) in [6.07, 6.45) is 0.776. The molecule has 0 N–H and O–H groups in total. The van der Waals surface area contributed by atoms with E-state index in [1.165, 1.54) is 11.6 Å². The molecule has 0 aliphatic rings. The van der Waals surface area contributed by atoms with Crippen LogP contribution in [0.1, 0.15) is 26.3 Å². The van der Waals surface area contributed by atoms with Crippen molar-refractivity contribution in [1.29, 1.82) is 0 Å². The van der Waals surface area contributed by atoms with Crippen LogP contribution < -0.4 is 4.74 Å². The molecule has 0 amide bonds.